The molecule has 2 heterocycles. The Morgan fingerprint density at radius 1 is 1.25 bits per heavy atom. The van der Waals surface area contributed by atoms with E-state index in [0.29, 0.717) is 16.3 Å². The van der Waals surface area contributed by atoms with Crippen LogP contribution in [-0.4, -0.2) is 17.0 Å². The van der Waals surface area contributed by atoms with Crippen molar-refractivity contribution in [2.45, 2.75) is 6.92 Å². The van der Waals surface area contributed by atoms with Crippen molar-refractivity contribution < 1.29 is 4.42 Å². The van der Waals surface area contributed by atoms with Gasteiger partial charge in [-0.25, -0.2) is 9.97 Å². The van der Waals surface area contributed by atoms with Crippen LogP contribution in [0.15, 0.2) is 25.7 Å². The number of aromatic nitrogens is 2. The van der Waals surface area contributed by atoms with Gasteiger partial charge < -0.3 is 9.73 Å². The quantitative estimate of drug-likeness (QED) is 0.902. The first kappa shape index (κ1) is 11.6. The van der Waals surface area contributed by atoms with Crippen molar-refractivity contribution >= 4 is 37.7 Å². The molecule has 0 unspecified atom stereocenters. The largest absolute Gasteiger partial charge is 0.446 e. The molecular formula is C10H9Br2N3O. The molecule has 0 atom stereocenters. The molecule has 0 spiro atoms. The van der Waals surface area contributed by atoms with Crippen LogP contribution in [0, 0.1) is 6.92 Å². The van der Waals surface area contributed by atoms with Crippen LogP contribution >= 0.6 is 31.9 Å². The first-order valence-electron chi connectivity index (χ1n) is 4.59. The maximum absolute atomic E-state index is 5.41. The van der Waals surface area contributed by atoms with E-state index >= 15 is 0 Å². The van der Waals surface area contributed by atoms with Gasteiger partial charge in [0.05, 0.1) is 10.2 Å². The minimum absolute atomic E-state index is 0.566. The monoisotopic (exact) mass is 345 g/mol. The number of halogens is 2. The predicted octanol–water partition coefficient (Wildman–Crippen LogP) is 3.61. The second-order valence-electron chi connectivity index (χ2n) is 3.15. The SMILES string of the molecule is CNc1nc(-c2ccc(Br)o2)nc(C)c1Br. The van der Waals surface area contributed by atoms with Gasteiger partial charge >= 0.3 is 0 Å². The van der Waals surface area contributed by atoms with E-state index < -0.39 is 0 Å². The highest BCUT2D eigenvalue weighted by Gasteiger charge is 2.12. The Morgan fingerprint density at radius 3 is 2.56 bits per heavy atom. The molecule has 0 aromatic carbocycles. The van der Waals surface area contributed by atoms with Crippen LogP contribution in [0.3, 0.4) is 0 Å². The molecule has 4 nitrogen and oxygen atoms in total. The number of hydrogen-bond acceptors (Lipinski definition) is 4. The fourth-order valence-electron chi connectivity index (χ4n) is 1.27. The van der Waals surface area contributed by atoms with Crippen LogP contribution in [0.1, 0.15) is 5.69 Å². The number of furan rings is 1. The molecule has 2 aromatic rings. The van der Waals surface area contributed by atoms with E-state index in [0.717, 1.165) is 16.0 Å². The summed E-state index contributed by atoms with van der Waals surface area (Å²) < 4.78 is 6.94. The molecule has 0 amide bonds. The van der Waals surface area contributed by atoms with Crippen LogP contribution in [0.5, 0.6) is 0 Å². The van der Waals surface area contributed by atoms with Crippen molar-refractivity contribution in [1.82, 2.24) is 9.97 Å². The van der Waals surface area contributed by atoms with Gasteiger partial charge in [-0.2, -0.15) is 0 Å². The first-order valence-corrected chi connectivity index (χ1v) is 6.18. The average Bonchev–Trinajstić information content (AvgIpc) is 2.69. The number of nitrogens with zero attached hydrogens (tertiary/aromatic N) is 2. The predicted molar refractivity (Wildman–Crippen MR) is 69.4 cm³/mol. The Labute approximate surface area is 110 Å². The molecule has 0 aliphatic rings. The lowest BCUT2D eigenvalue weighted by atomic mass is 10.3. The van der Waals surface area contributed by atoms with Crippen molar-refractivity contribution in [1.29, 1.82) is 0 Å². The van der Waals surface area contributed by atoms with E-state index in [4.69, 9.17) is 4.42 Å². The van der Waals surface area contributed by atoms with Crippen molar-refractivity contribution in [2.75, 3.05) is 12.4 Å². The molecule has 84 valence electrons. The van der Waals surface area contributed by atoms with Gasteiger partial charge in [-0.05, 0) is 50.9 Å². The maximum Gasteiger partial charge on any atom is 0.197 e. The Bertz CT molecular complexity index is 525. The van der Waals surface area contributed by atoms with Gasteiger partial charge in [0.25, 0.3) is 0 Å². The Hall–Kier alpha value is -0.880. The molecule has 0 saturated heterocycles. The van der Waals surface area contributed by atoms with Gasteiger partial charge in [-0.3, -0.25) is 0 Å². The molecule has 0 radical (unpaired) electrons. The molecule has 2 aromatic heterocycles. The van der Waals surface area contributed by atoms with Gasteiger partial charge in [0, 0.05) is 7.05 Å². The van der Waals surface area contributed by atoms with Crippen LogP contribution < -0.4 is 5.32 Å². The zero-order valence-electron chi connectivity index (χ0n) is 8.71. The number of rotatable bonds is 2. The number of aryl methyl sites for hydroxylation is 1. The van der Waals surface area contributed by atoms with Crippen LogP contribution in [-0.2, 0) is 0 Å². The summed E-state index contributed by atoms with van der Waals surface area (Å²) in [6, 6.07) is 3.64. The second-order valence-corrected chi connectivity index (χ2v) is 4.72. The van der Waals surface area contributed by atoms with Crippen molar-refractivity contribution in [3.63, 3.8) is 0 Å². The summed E-state index contributed by atoms with van der Waals surface area (Å²) >= 11 is 6.68. The van der Waals surface area contributed by atoms with Gasteiger partial charge in [0.1, 0.15) is 5.82 Å². The third-order valence-corrected chi connectivity index (χ3v) is 3.42. The van der Waals surface area contributed by atoms with E-state index in [-0.39, 0.29) is 0 Å². The normalized spacial score (nSPS) is 10.5. The van der Waals surface area contributed by atoms with Crippen molar-refractivity contribution in [2.24, 2.45) is 0 Å². The van der Waals surface area contributed by atoms with E-state index in [9.17, 15) is 0 Å². The molecule has 0 aliphatic carbocycles. The molecule has 1 N–H and O–H groups in total. The van der Waals surface area contributed by atoms with Gasteiger partial charge in [0.15, 0.2) is 16.3 Å². The van der Waals surface area contributed by atoms with Gasteiger partial charge in [-0.1, -0.05) is 0 Å². The molecular weight excluding hydrogens is 338 g/mol. The number of anilines is 1. The summed E-state index contributed by atoms with van der Waals surface area (Å²) in [5, 5.41) is 3.00. The summed E-state index contributed by atoms with van der Waals surface area (Å²) in [6.07, 6.45) is 0. The lowest BCUT2D eigenvalue weighted by Crippen LogP contribution is -2.00. The maximum atomic E-state index is 5.41. The van der Waals surface area contributed by atoms with Gasteiger partial charge in [-0.15, -0.1) is 0 Å². The first-order chi connectivity index (χ1) is 7.61. The van der Waals surface area contributed by atoms with E-state index in [1.54, 1.807) is 0 Å². The second kappa shape index (κ2) is 4.55. The summed E-state index contributed by atoms with van der Waals surface area (Å²) in [6.45, 7) is 1.91. The highest BCUT2D eigenvalue weighted by molar-refractivity contribution is 9.10. The molecule has 6 heteroatoms. The molecule has 2 rings (SSSR count). The third kappa shape index (κ3) is 2.12. The van der Waals surface area contributed by atoms with E-state index in [2.05, 4.69) is 47.1 Å². The van der Waals surface area contributed by atoms with E-state index in [1.807, 2.05) is 26.1 Å². The van der Waals surface area contributed by atoms with E-state index in [1.165, 1.54) is 0 Å². The molecule has 0 aliphatic heterocycles. The third-order valence-electron chi connectivity index (χ3n) is 2.05. The lowest BCUT2D eigenvalue weighted by molar-refractivity contribution is 0.551. The van der Waals surface area contributed by atoms with Crippen molar-refractivity contribution in [3.05, 3.63) is 27.0 Å². The lowest BCUT2D eigenvalue weighted by Gasteiger charge is -2.06. The number of hydrogen-bond donors (Lipinski definition) is 1. The summed E-state index contributed by atoms with van der Waals surface area (Å²) in [7, 11) is 1.81. The Kier molecular flexibility index (Phi) is 3.30. The Balaban J connectivity index is 2.54. The number of nitrogens with one attached hydrogen (secondary N) is 1. The zero-order chi connectivity index (χ0) is 11.7. The standard InChI is InChI=1S/C10H9Br2N3O/c1-5-8(12)10(13-2)15-9(14-5)6-3-4-7(11)16-6/h3-4H,1-2H3,(H,13,14,15). The van der Waals surface area contributed by atoms with Crippen LogP contribution in [0.2, 0.25) is 0 Å². The zero-order valence-corrected chi connectivity index (χ0v) is 11.9. The molecule has 0 fully saturated rings. The average molecular weight is 347 g/mol. The van der Waals surface area contributed by atoms with Crippen LogP contribution in [0.4, 0.5) is 5.82 Å². The Morgan fingerprint density at radius 2 is 2.00 bits per heavy atom. The summed E-state index contributed by atoms with van der Waals surface area (Å²) in [4.78, 5) is 8.70. The fourth-order valence-corrected chi connectivity index (χ4v) is 1.95. The highest BCUT2D eigenvalue weighted by Crippen LogP contribution is 2.28. The minimum atomic E-state index is 0.566. The van der Waals surface area contributed by atoms with Crippen molar-refractivity contribution in [3.8, 4) is 11.6 Å². The van der Waals surface area contributed by atoms with Gasteiger partial charge in [0.2, 0.25) is 0 Å². The fraction of sp³-hybridized carbons (Fsp3) is 0.200. The molecule has 16 heavy (non-hydrogen) atoms. The summed E-state index contributed by atoms with van der Waals surface area (Å²) in [5.74, 6) is 1.95. The minimum Gasteiger partial charge on any atom is -0.446 e. The molecule has 0 bridgehead atoms. The topological polar surface area (TPSA) is 51.0 Å². The molecule has 0 saturated carbocycles. The van der Waals surface area contributed by atoms with Crippen LogP contribution in [0.25, 0.3) is 11.6 Å². The smallest absolute Gasteiger partial charge is 0.197 e. The highest BCUT2D eigenvalue weighted by atomic mass is 79.9. The summed E-state index contributed by atoms with van der Waals surface area (Å²) in [5.41, 5.74) is 0.863.